The number of rotatable bonds is 10. The van der Waals surface area contributed by atoms with E-state index in [4.69, 9.17) is 9.16 Å². The molecule has 3 rings (SSSR count). The molecule has 0 aromatic heterocycles. The number of ether oxygens (including phenoxy) is 1. The number of benzene rings is 3. The standard InChI is InChI=1S/C28H33NO5Si/c1-28(2,3)35(23-15-9-5-10-16-23,24-17-11-6-12-18-24)34-20-19-25(26(30)31)29-27(32)33-21-22-13-7-4-8-14-22/h4-18,25H,19-21H2,1-3H3,(H,29,32)(H,30,31). The van der Waals surface area contributed by atoms with Crippen molar-refractivity contribution in [3.05, 3.63) is 96.6 Å². The van der Waals surface area contributed by atoms with E-state index in [1.54, 1.807) is 0 Å². The Kier molecular flexibility index (Phi) is 8.84. The Morgan fingerprint density at radius 2 is 1.34 bits per heavy atom. The fraction of sp³-hybridized carbons (Fsp3) is 0.286. The minimum atomic E-state index is -2.79. The van der Waals surface area contributed by atoms with Crippen LogP contribution in [-0.4, -0.2) is 38.1 Å². The Morgan fingerprint density at radius 1 is 0.857 bits per heavy atom. The van der Waals surface area contributed by atoms with Crippen molar-refractivity contribution in [1.29, 1.82) is 0 Å². The quantitative estimate of drug-likeness (QED) is 0.412. The SMILES string of the molecule is CC(C)(C)[Si](OCCC(NC(=O)OCc1ccccc1)C(=O)O)(c1ccccc1)c1ccccc1. The average Bonchev–Trinajstić information content (AvgIpc) is 2.85. The summed E-state index contributed by atoms with van der Waals surface area (Å²) in [5.74, 6) is -1.13. The van der Waals surface area contributed by atoms with E-state index in [1.165, 1.54) is 0 Å². The zero-order valence-electron chi connectivity index (χ0n) is 20.4. The predicted octanol–water partition coefficient (Wildman–Crippen LogP) is 4.33. The molecule has 0 radical (unpaired) electrons. The number of hydrogen-bond acceptors (Lipinski definition) is 4. The number of hydrogen-bond donors (Lipinski definition) is 2. The monoisotopic (exact) mass is 491 g/mol. The van der Waals surface area contributed by atoms with Crippen LogP contribution in [-0.2, 0) is 20.6 Å². The third-order valence-electron chi connectivity index (χ3n) is 5.94. The molecular weight excluding hydrogens is 458 g/mol. The normalized spacial score (nSPS) is 12.5. The van der Waals surface area contributed by atoms with Gasteiger partial charge >= 0.3 is 12.1 Å². The summed E-state index contributed by atoms with van der Waals surface area (Å²) in [4.78, 5) is 24.2. The fourth-order valence-electron chi connectivity index (χ4n) is 4.26. The van der Waals surface area contributed by atoms with Gasteiger partial charge in [0.15, 0.2) is 0 Å². The molecular formula is C28H33NO5Si. The van der Waals surface area contributed by atoms with Crippen molar-refractivity contribution < 1.29 is 23.9 Å². The topological polar surface area (TPSA) is 84.9 Å². The van der Waals surface area contributed by atoms with Crippen LogP contribution in [0.25, 0.3) is 0 Å². The summed E-state index contributed by atoms with van der Waals surface area (Å²) in [7, 11) is -2.79. The molecule has 0 spiro atoms. The third kappa shape index (κ3) is 6.59. The van der Waals surface area contributed by atoms with E-state index in [0.29, 0.717) is 0 Å². The number of alkyl carbamates (subject to hydrolysis) is 1. The molecule has 0 fully saturated rings. The van der Waals surface area contributed by atoms with Crippen molar-refractivity contribution in [2.24, 2.45) is 0 Å². The van der Waals surface area contributed by atoms with Gasteiger partial charge in [-0.25, -0.2) is 9.59 Å². The first-order valence-corrected chi connectivity index (χ1v) is 13.6. The maximum absolute atomic E-state index is 12.3. The van der Waals surface area contributed by atoms with Crippen LogP contribution in [0.4, 0.5) is 4.79 Å². The number of carbonyl (C=O) groups excluding carboxylic acids is 1. The van der Waals surface area contributed by atoms with Crippen molar-refractivity contribution >= 4 is 30.8 Å². The van der Waals surface area contributed by atoms with Gasteiger partial charge in [-0.15, -0.1) is 0 Å². The summed E-state index contributed by atoms with van der Waals surface area (Å²) in [6, 6.07) is 28.4. The van der Waals surface area contributed by atoms with Gasteiger partial charge in [0.1, 0.15) is 12.6 Å². The van der Waals surface area contributed by atoms with Crippen LogP contribution >= 0.6 is 0 Å². The number of carbonyl (C=O) groups is 2. The Balaban J connectivity index is 1.75. The van der Waals surface area contributed by atoms with E-state index in [9.17, 15) is 14.7 Å². The number of carboxylic acid groups (broad SMARTS) is 1. The Bertz CT molecular complexity index is 1050. The maximum atomic E-state index is 12.3. The second-order valence-electron chi connectivity index (χ2n) is 9.40. The number of nitrogens with one attached hydrogen (secondary N) is 1. The smallest absolute Gasteiger partial charge is 0.408 e. The fourth-order valence-corrected chi connectivity index (χ4v) is 8.84. The molecule has 7 heteroatoms. The zero-order valence-corrected chi connectivity index (χ0v) is 21.4. The van der Waals surface area contributed by atoms with Gasteiger partial charge in [-0.2, -0.15) is 0 Å². The summed E-state index contributed by atoms with van der Waals surface area (Å²) in [6.07, 6.45) is -0.660. The van der Waals surface area contributed by atoms with Crippen molar-refractivity contribution in [2.45, 2.75) is 44.9 Å². The first-order valence-electron chi connectivity index (χ1n) is 11.7. The molecule has 35 heavy (non-hydrogen) atoms. The van der Waals surface area contributed by atoms with Crippen molar-refractivity contribution in [2.75, 3.05) is 6.61 Å². The van der Waals surface area contributed by atoms with E-state index in [2.05, 4.69) is 50.4 Å². The summed E-state index contributed by atoms with van der Waals surface area (Å²) in [6.45, 7) is 6.72. The van der Waals surface area contributed by atoms with Crippen LogP contribution < -0.4 is 15.7 Å². The van der Waals surface area contributed by atoms with E-state index in [0.717, 1.165) is 15.9 Å². The van der Waals surface area contributed by atoms with Gasteiger partial charge in [0, 0.05) is 13.0 Å². The molecule has 1 atom stereocenters. The second kappa shape index (κ2) is 11.8. The minimum absolute atomic E-state index is 0.0670. The third-order valence-corrected chi connectivity index (χ3v) is 11.0. The summed E-state index contributed by atoms with van der Waals surface area (Å²) in [5, 5.41) is 14.2. The van der Waals surface area contributed by atoms with Gasteiger partial charge in [0.25, 0.3) is 8.32 Å². The zero-order chi connectivity index (χ0) is 25.3. The maximum Gasteiger partial charge on any atom is 0.408 e. The van der Waals surface area contributed by atoms with Crippen molar-refractivity contribution in [1.82, 2.24) is 5.32 Å². The van der Waals surface area contributed by atoms with Gasteiger partial charge < -0.3 is 19.6 Å². The molecule has 0 bridgehead atoms. The van der Waals surface area contributed by atoms with Gasteiger partial charge in [0.05, 0.1) is 0 Å². The van der Waals surface area contributed by atoms with Crippen LogP contribution in [0.3, 0.4) is 0 Å². The molecule has 0 aliphatic rings. The van der Waals surface area contributed by atoms with Gasteiger partial charge in [-0.05, 0) is 21.0 Å². The van der Waals surface area contributed by atoms with Crippen LogP contribution in [0.2, 0.25) is 5.04 Å². The first kappa shape index (κ1) is 26.2. The van der Waals surface area contributed by atoms with Crippen LogP contribution in [0, 0.1) is 0 Å². The molecule has 6 nitrogen and oxygen atoms in total. The number of amides is 1. The number of carboxylic acids is 1. The second-order valence-corrected chi connectivity index (χ2v) is 13.7. The van der Waals surface area contributed by atoms with Gasteiger partial charge in [-0.3, -0.25) is 0 Å². The van der Waals surface area contributed by atoms with E-state index in [1.807, 2.05) is 66.7 Å². The Labute approximate surface area is 208 Å². The lowest BCUT2D eigenvalue weighted by atomic mass is 10.2. The van der Waals surface area contributed by atoms with Crippen LogP contribution in [0.5, 0.6) is 0 Å². The van der Waals surface area contributed by atoms with E-state index >= 15 is 0 Å². The molecule has 0 saturated heterocycles. The summed E-state index contributed by atoms with van der Waals surface area (Å²) >= 11 is 0. The van der Waals surface area contributed by atoms with Crippen molar-refractivity contribution in [3.63, 3.8) is 0 Å². The predicted molar refractivity (Wildman–Crippen MR) is 139 cm³/mol. The molecule has 0 aliphatic carbocycles. The highest BCUT2D eigenvalue weighted by Crippen LogP contribution is 2.36. The highest BCUT2D eigenvalue weighted by Gasteiger charge is 2.50. The minimum Gasteiger partial charge on any atom is -0.480 e. The molecule has 1 unspecified atom stereocenters. The van der Waals surface area contributed by atoms with Gasteiger partial charge in [0.2, 0.25) is 0 Å². The van der Waals surface area contributed by atoms with Crippen molar-refractivity contribution in [3.8, 4) is 0 Å². The van der Waals surface area contributed by atoms with Crippen LogP contribution in [0.15, 0.2) is 91.0 Å². The lowest BCUT2D eigenvalue weighted by Gasteiger charge is -2.43. The Morgan fingerprint density at radius 3 is 1.80 bits per heavy atom. The molecule has 1 amide bonds. The number of aliphatic carboxylic acids is 1. The molecule has 0 aliphatic heterocycles. The highest BCUT2D eigenvalue weighted by atomic mass is 28.4. The molecule has 3 aromatic rings. The molecule has 3 aromatic carbocycles. The van der Waals surface area contributed by atoms with Crippen LogP contribution in [0.1, 0.15) is 32.8 Å². The highest BCUT2D eigenvalue weighted by molar-refractivity contribution is 6.99. The first-order chi connectivity index (χ1) is 16.7. The summed E-state index contributed by atoms with van der Waals surface area (Å²) in [5.41, 5.74) is 0.824. The summed E-state index contributed by atoms with van der Waals surface area (Å²) < 4.78 is 11.9. The van der Waals surface area contributed by atoms with E-state index < -0.39 is 26.4 Å². The molecule has 0 heterocycles. The molecule has 184 valence electrons. The van der Waals surface area contributed by atoms with Gasteiger partial charge in [-0.1, -0.05) is 112 Å². The lowest BCUT2D eigenvalue weighted by molar-refractivity contribution is -0.139. The molecule has 0 saturated carbocycles. The lowest BCUT2D eigenvalue weighted by Crippen LogP contribution is -2.66. The Hall–Kier alpha value is -3.42. The van der Waals surface area contributed by atoms with E-state index in [-0.39, 0.29) is 24.7 Å². The molecule has 2 N–H and O–H groups in total. The largest absolute Gasteiger partial charge is 0.480 e. The average molecular weight is 492 g/mol.